The van der Waals surface area contributed by atoms with E-state index in [0.717, 1.165) is 0 Å². The fourth-order valence-corrected chi connectivity index (χ4v) is 7.62. The molecule has 0 aliphatic carbocycles. The molecule has 0 bridgehead atoms. The molecule has 0 aliphatic heterocycles. The Morgan fingerprint density at radius 3 is 1.12 bits per heavy atom. The van der Waals surface area contributed by atoms with Crippen LogP contribution in [-0.4, -0.2) is 13.7 Å². The van der Waals surface area contributed by atoms with Crippen LogP contribution in [0.1, 0.15) is 33.4 Å². The van der Waals surface area contributed by atoms with Gasteiger partial charge in [-0.25, -0.2) is 0 Å². The second-order valence-electron chi connectivity index (χ2n) is 13.7. The smallest absolute Gasteiger partial charge is 0.0518 e. The van der Waals surface area contributed by atoms with Gasteiger partial charge in [0.05, 0.1) is 11.0 Å². The summed E-state index contributed by atoms with van der Waals surface area (Å²) < 4.78 is 6.86. The molecule has 0 saturated heterocycles. The minimum atomic E-state index is 1.31. The zero-order chi connectivity index (χ0) is 33.9. The van der Waals surface area contributed by atoms with Gasteiger partial charge in [-0.05, 0) is 100 Å². The Kier molecular flexibility index (Phi) is 7.87. The molecule has 3 heteroatoms. The summed E-state index contributed by atoms with van der Waals surface area (Å²) >= 11 is 0. The molecule has 0 spiro atoms. The Morgan fingerprint density at radius 2 is 0.688 bits per heavy atom. The topological polar surface area (TPSA) is 14.8 Å². The van der Waals surface area contributed by atoms with Crippen molar-refractivity contribution in [2.75, 3.05) is 0 Å². The maximum absolute atomic E-state index is 2.31. The number of aryl methyl sites for hydroxylation is 9. The molecule has 0 N–H and O–H groups in total. The summed E-state index contributed by atoms with van der Waals surface area (Å²) in [5.74, 6) is 0. The molecular formula is C45H45N3. The molecule has 0 fully saturated rings. The van der Waals surface area contributed by atoms with Gasteiger partial charge in [-0.15, -0.1) is 0 Å². The Labute approximate surface area is 283 Å². The Balaban J connectivity index is 0.000000114. The average molecular weight is 628 g/mol. The number of hydrogen-bond donors (Lipinski definition) is 0. The zero-order valence-corrected chi connectivity index (χ0v) is 29.7. The lowest BCUT2D eigenvalue weighted by Crippen LogP contribution is -1.90. The van der Waals surface area contributed by atoms with Gasteiger partial charge in [-0.2, -0.15) is 0 Å². The highest BCUT2D eigenvalue weighted by Gasteiger charge is 2.11. The number of nitrogens with zero attached hydrogens (tertiary/aromatic N) is 3. The molecule has 0 amide bonds. The minimum Gasteiger partial charge on any atom is -0.344 e. The van der Waals surface area contributed by atoms with Gasteiger partial charge in [0.1, 0.15) is 0 Å². The largest absolute Gasteiger partial charge is 0.344 e. The fourth-order valence-electron chi connectivity index (χ4n) is 7.62. The Hall–Kier alpha value is -5.28. The van der Waals surface area contributed by atoms with Crippen molar-refractivity contribution in [1.29, 1.82) is 0 Å². The van der Waals surface area contributed by atoms with Gasteiger partial charge in [0.25, 0.3) is 0 Å². The molecule has 9 aromatic rings. The van der Waals surface area contributed by atoms with E-state index in [1.54, 1.807) is 0 Å². The number of fused-ring (bicyclic) bond motifs is 9. The van der Waals surface area contributed by atoms with Crippen LogP contribution in [-0.2, 0) is 21.1 Å². The maximum atomic E-state index is 2.31. The first kappa shape index (κ1) is 31.3. The summed E-state index contributed by atoms with van der Waals surface area (Å²) in [6, 6.07) is 39.7. The van der Waals surface area contributed by atoms with E-state index in [1.807, 2.05) is 0 Å². The van der Waals surface area contributed by atoms with Crippen LogP contribution in [0, 0.1) is 41.5 Å². The quantitative estimate of drug-likeness (QED) is 0.159. The monoisotopic (exact) mass is 627 g/mol. The first-order valence-corrected chi connectivity index (χ1v) is 16.9. The van der Waals surface area contributed by atoms with Crippen LogP contribution in [0.5, 0.6) is 0 Å². The van der Waals surface area contributed by atoms with Crippen LogP contribution in [0.2, 0.25) is 0 Å². The SMILES string of the molecule is Cc1ccc2c(c1)c1cc(C)ccc1n2C.Cc1ccc2c3ccc(C)cc3n(C)c2c1.Cc1cccc2c3cccc(C)c3n(C)c12. The Morgan fingerprint density at radius 1 is 0.312 bits per heavy atom. The fraction of sp³-hybridized carbons (Fsp3) is 0.200. The predicted octanol–water partition coefficient (Wildman–Crippen LogP) is 11.8. The third-order valence-corrected chi connectivity index (χ3v) is 10.1. The molecule has 240 valence electrons. The van der Waals surface area contributed by atoms with Crippen molar-refractivity contribution in [2.45, 2.75) is 41.5 Å². The molecule has 48 heavy (non-hydrogen) atoms. The summed E-state index contributed by atoms with van der Waals surface area (Å²) in [5.41, 5.74) is 15.9. The summed E-state index contributed by atoms with van der Waals surface area (Å²) in [7, 11) is 6.43. The predicted molar refractivity (Wildman–Crippen MR) is 210 cm³/mol. The third kappa shape index (κ3) is 5.24. The van der Waals surface area contributed by atoms with Crippen molar-refractivity contribution in [2.24, 2.45) is 21.1 Å². The van der Waals surface area contributed by atoms with Gasteiger partial charge in [0, 0.05) is 75.5 Å². The summed E-state index contributed by atoms with van der Waals surface area (Å²) in [4.78, 5) is 0. The number of aromatic nitrogens is 3. The average Bonchev–Trinajstić information content (AvgIpc) is 3.63. The summed E-state index contributed by atoms with van der Waals surface area (Å²) in [6.07, 6.45) is 0. The second-order valence-corrected chi connectivity index (χ2v) is 13.7. The molecule has 3 heterocycles. The zero-order valence-electron chi connectivity index (χ0n) is 29.7. The van der Waals surface area contributed by atoms with E-state index in [1.165, 1.54) is 98.8 Å². The lowest BCUT2D eigenvalue weighted by atomic mass is 10.1. The molecule has 0 saturated carbocycles. The molecule has 0 atom stereocenters. The van der Waals surface area contributed by atoms with Crippen molar-refractivity contribution in [1.82, 2.24) is 13.7 Å². The highest BCUT2D eigenvalue weighted by Crippen LogP contribution is 2.32. The molecule has 0 aliphatic rings. The number of rotatable bonds is 0. The van der Waals surface area contributed by atoms with Crippen LogP contribution in [0.3, 0.4) is 0 Å². The van der Waals surface area contributed by atoms with Gasteiger partial charge >= 0.3 is 0 Å². The maximum Gasteiger partial charge on any atom is 0.0518 e. The first-order chi connectivity index (χ1) is 23.0. The van der Waals surface area contributed by atoms with Gasteiger partial charge in [-0.3, -0.25) is 0 Å². The van der Waals surface area contributed by atoms with Crippen LogP contribution < -0.4 is 0 Å². The number of para-hydroxylation sites is 2. The van der Waals surface area contributed by atoms with Gasteiger partial charge in [0.15, 0.2) is 0 Å². The van der Waals surface area contributed by atoms with Crippen LogP contribution >= 0.6 is 0 Å². The van der Waals surface area contributed by atoms with E-state index in [9.17, 15) is 0 Å². The van der Waals surface area contributed by atoms with E-state index in [2.05, 4.69) is 186 Å². The Bertz CT molecular complexity index is 2480. The van der Waals surface area contributed by atoms with Crippen LogP contribution in [0.4, 0.5) is 0 Å². The van der Waals surface area contributed by atoms with Gasteiger partial charge in [0.2, 0.25) is 0 Å². The first-order valence-electron chi connectivity index (χ1n) is 16.9. The molecule has 3 nitrogen and oxygen atoms in total. The lowest BCUT2D eigenvalue weighted by molar-refractivity contribution is 1.00. The molecular weight excluding hydrogens is 583 g/mol. The summed E-state index contributed by atoms with van der Waals surface area (Å²) in [5, 5.41) is 8.15. The number of benzene rings is 6. The van der Waals surface area contributed by atoms with Gasteiger partial charge < -0.3 is 13.7 Å². The normalized spacial score (nSPS) is 11.4. The van der Waals surface area contributed by atoms with Crippen molar-refractivity contribution in [3.63, 3.8) is 0 Å². The minimum absolute atomic E-state index is 1.31. The van der Waals surface area contributed by atoms with Gasteiger partial charge in [-0.1, -0.05) is 83.9 Å². The van der Waals surface area contributed by atoms with Crippen LogP contribution in [0.15, 0.2) is 109 Å². The van der Waals surface area contributed by atoms with E-state index in [-0.39, 0.29) is 0 Å². The van der Waals surface area contributed by atoms with Crippen molar-refractivity contribution in [3.8, 4) is 0 Å². The highest BCUT2D eigenvalue weighted by atomic mass is 14.9. The third-order valence-electron chi connectivity index (χ3n) is 10.1. The second kappa shape index (κ2) is 12.1. The van der Waals surface area contributed by atoms with Crippen LogP contribution in [0.25, 0.3) is 65.4 Å². The van der Waals surface area contributed by atoms with E-state index >= 15 is 0 Å². The van der Waals surface area contributed by atoms with E-state index < -0.39 is 0 Å². The summed E-state index contributed by atoms with van der Waals surface area (Å²) in [6.45, 7) is 12.9. The number of hydrogen-bond acceptors (Lipinski definition) is 0. The molecule has 6 aromatic carbocycles. The molecule has 9 rings (SSSR count). The lowest BCUT2D eigenvalue weighted by Gasteiger charge is -2.02. The standard InChI is InChI=1S/3C15H15N/c1-10-4-6-14-12(8-10)13-9-11(2)5-7-15(13)16(14)3;1-10-4-6-12-13-7-5-11(2)9-15(13)16(3)14(12)8-10;1-10-6-4-8-12-13-9-5-7-11(2)15(13)16(3)14(10)12/h3*4-9H,1-3H3. The highest BCUT2D eigenvalue weighted by molar-refractivity contribution is 6.10. The molecule has 3 aromatic heterocycles. The molecule has 0 radical (unpaired) electrons. The van der Waals surface area contributed by atoms with E-state index in [4.69, 9.17) is 0 Å². The van der Waals surface area contributed by atoms with Crippen molar-refractivity contribution < 1.29 is 0 Å². The van der Waals surface area contributed by atoms with Crippen molar-refractivity contribution >= 4 is 65.4 Å². The van der Waals surface area contributed by atoms with E-state index in [0.29, 0.717) is 0 Å². The molecule has 0 unspecified atom stereocenters. The van der Waals surface area contributed by atoms with Crippen molar-refractivity contribution in [3.05, 3.63) is 143 Å².